The van der Waals surface area contributed by atoms with Crippen LogP contribution in [0.3, 0.4) is 0 Å². The highest BCUT2D eigenvalue weighted by atomic mass is 16.6. The van der Waals surface area contributed by atoms with Gasteiger partial charge in [-0.15, -0.1) is 0 Å². The van der Waals surface area contributed by atoms with Crippen molar-refractivity contribution in [1.82, 2.24) is 0 Å². The lowest BCUT2D eigenvalue weighted by atomic mass is 10.0. The van der Waals surface area contributed by atoms with E-state index in [-0.39, 0.29) is 31.1 Å². The number of esters is 3. The van der Waals surface area contributed by atoms with Crippen molar-refractivity contribution in [1.29, 1.82) is 0 Å². The third-order valence-electron chi connectivity index (χ3n) is 13.5. The molecule has 0 amide bonds. The molecular weight excluding hydrogens is 805 g/mol. The van der Waals surface area contributed by atoms with E-state index in [2.05, 4.69) is 27.7 Å². The first-order valence-electron chi connectivity index (χ1n) is 29.4. The fraction of sp³-hybridized carbons (Fsp3) is 0.949. The van der Waals surface area contributed by atoms with Crippen molar-refractivity contribution in [2.45, 2.75) is 342 Å². The monoisotopic (exact) mass is 919 g/mol. The molecule has 0 bridgehead atoms. The van der Waals surface area contributed by atoms with Crippen LogP contribution in [0.4, 0.5) is 0 Å². The Morgan fingerprint density at radius 3 is 0.754 bits per heavy atom. The number of carbonyl (C=O) groups is 3. The molecule has 0 spiro atoms. The average Bonchev–Trinajstić information content (AvgIpc) is 3.29. The first-order chi connectivity index (χ1) is 31.9. The molecular formula is C59H114O6. The Bertz CT molecular complexity index is 980. The summed E-state index contributed by atoms with van der Waals surface area (Å²) in [6.07, 6.45) is 58.0. The average molecular weight is 920 g/mol. The zero-order chi connectivity index (χ0) is 47.4. The number of carbonyl (C=O) groups excluding carboxylic acids is 3. The van der Waals surface area contributed by atoms with Crippen molar-refractivity contribution >= 4 is 17.9 Å². The summed E-state index contributed by atoms with van der Waals surface area (Å²) in [6, 6.07) is 0. The van der Waals surface area contributed by atoms with E-state index < -0.39 is 6.10 Å². The van der Waals surface area contributed by atoms with Crippen LogP contribution in [0, 0.1) is 5.92 Å². The minimum Gasteiger partial charge on any atom is -0.462 e. The second-order valence-corrected chi connectivity index (χ2v) is 20.8. The number of rotatable bonds is 54. The summed E-state index contributed by atoms with van der Waals surface area (Å²) in [7, 11) is 0. The van der Waals surface area contributed by atoms with Gasteiger partial charge in [0.1, 0.15) is 13.2 Å². The third-order valence-corrected chi connectivity index (χ3v) is 13.5. The molecule has 1 atom stereocenters. The highest BCUT2D eigenvalue weighted by Gasteiger charge is 2.19. The first kappa shape index (κ1) is 63.4. The molecule has 0 saturated carbocycles. The standard InChI is InChI=1S/C59H114O6/c1-5-7-9-11-13-15-17-19-20-23-28-32-36-40-44-48-52-59(62)65-56(53-63-57(60)50-46-42-38-34-30-25-18-16-14-12-10-8-6-2)54-64-58(61)51-47-43-39-35-31-27-24-21-22-26-29-33-37-41-45-49-55(3)4/h55-56H,5-54H2,1-4H3/t56-/m1/s1. The van der Waals surface area contributed by atoms with Crippen molar-refractivity contribution in [2.75, 3.05) is 13.2 Å². The van der Waals surface area contributed by atoms with Crippen LogP contribution in [0.2, 0.25) is 0 Å². The van der Waals surface area contributed by atoms with Gasteiger partial charge < -0.3 is 14.2 Å². The van der Waals surface area contributed by atoms with Crippen LogP contribution in [0.5, 0.6) is 0 Å². The summed E-state index contributed by atoms with van der Waals surface area (Å²) in [5, 5.41) is 0. The summed E-state index contributed by atoms with van der Waals surface area (Å²) >= 11 is 0. The van der Waals surface area contributed by atoms with Crippen molar-refractivity contribution in [2.24, 2.45) is 5.92 Å². The van der Waals surface area contributed by atoms with E-state index in [1.807, 2.05) is 0 Å². The molecule has 0 fully saturated rings. The van der Waals surface area contributed by atoms with Crippen LogP contribution in [0.1, 0.15) is 336 Å². The van der Waals surface area contributed by atoms with Gasteiger partial charge in [-0.3, -0.25) is 14.4 Å². The fourth-order valence-corrected chi connectivity index (χ4v) is 9.10. The van der Waals surface area contributed by atoms with Gasteiger partial charge in [-0.25, -0.2) is 0 Å². The maximum Gasteiger partial charge on any atom is 0.306 e. The lowest BCUT2D eigenvalue weighted by Crippen LogP contribution is -2.30. The van der Waals surface area contributed by atoms with E-state index >= 15 is 0 Å². The molecule has 0 aliphatic rings. The molecule has 0 aromatic rings. The molecule has 0 aliphatic carbocycles. The summed E-state index contributed by atoms with van der Waals surface area (Å²) in [5.74, 6) is 0.0157. The maximum atomic E-state index is 12.8. The van der Waals surface area contributed by atoms with Gasteiger partial charge in [-0.05, 0) is 25.2 Å². The lowest BCUT2D eigenvalue weighted by molar-refractivity contribution is -0.167. The molecule has 0 aliphatic heterocycles. The third kappa shape index (κ3) is 53.2. The number of ether oxygens (including phenoxy) is 3. The zero-order valence-electron chi connectivity index (χ0n) is 44.5. The molecule has 0 aromatic carbocycles. The molecule has 0 unspecified atom stereocenters. The highest BCUT2D eigenvalue weighted by Crippen LogP contribution is 2.18. The van der Waals surface area contributed by atoms with Gasteiger partial charge in [-0.2, -0.15) is 0 Å². The minimum atomic E-state index is -0.761. The van der Waals surface area contributed by atoms with Crippen LogP contribution in [-0.2, 0) is 28.6 Å². The van der Waals surface area contributed by atoms with E-state index in [1.165, 1.54) is 231 Å². The molecule has 6 nitrogen and oxygen atoms in total. The van der Waals surface area contributed by atoms with Crippen LogP contribution >= 0.6 is 0 Å². The van der Waals surface area contributed by atoms with E-state index in [9.17, 15) is 14.4 Å². The molecule has 6 heteroatoms. The Morgan fingerprint density at radius 1 is 0.292 bits per heavy atom. The topological polar surface area (TPSA) is 78.9 Å². The Labute approximate surface area is 406 Å². The molecule has 0 saturated heterocycles. The molecule has 0 heterocycles. The normalized spacial score (nSPS) is 12.0. The minimum absolute atomic E-state index is 0.0617. The quantitative estimate of drug-likeness (QED) is 0.0344. The molecule has 0 radical (unpaired) electrons. The Balaban J connectivity index is 4.28. The summed E-state index contributed by atoms with van der Waals surface area (Å²) < 4.78 is 16.9. The Hall–Kier alpha value is -1.59. The number of unbranched alkanes of at least 4 members (excludes halogenated alkanes) is 41. The van der Waals surface area contributed by atoms with Crippen molar-refractivity contribution < 1.29 is 28.6 Å². The summed E-state index contributed by atoms with van der Waals surface area (Å²) in [4.78, 5) is 38.1. The molecule has 0 N–H and O–H groups in total. The summed E-state index contributed by atoms with van der Waals surface area (Å²) in [5.41, 5.74) is 0. The van der Waals surface area contributed by atoms with Gasteiger partial charge in [0, 0.05) is 19.3 Å². The van der Waals surface area contributed by atoms with Gasteiger partial charge >= 0.3 is 17.9 Å². The fourth-order valence-electron chi connectivity index (χ4n) is 9.10. The lowest BCUT2D eigenvalue weighted by Gasteiger charge is -2.18. The van der Waals surface area contributed by atoms with Crippen molar-refractivity contribution in [3.05, 3.63) is 0 Å². The van der Waals surface area contributed by atoms with E-state index in [4.69, 9.17) is 14.2 Å². The maximum absolute atomic E-state index is 12.8. The predicted octanol–water partition coefficient (Wildman–Crippen LogP) is 19.4. The van der Waals surface area contributed by atoms with E-state index in [0.717, 1.165) is 63.7 Å². The zero-order valence-corrected chi connectivity index (χ0v) is 44.5. The molecule has 0 aromatic heterocycles. The SMILES string of the molecule is CCCCCCCCCCCCCCCCCCC(=O)O[C@H](COC(=O)CCCCCCCCCCCCCCC)COC(=O)CCCCCCCCCCCCCCCCCC(C)C. The van der Waals surface area contributed by atoms with Crippen LogP contribution in [0.25, 0.3) is 0 Å². The van der Waals surface area contributed by atoms with E-state index in [1.54, 1.807) is 0 Å². The van der Waals surface area contributed by atoms with Crippen molar-refractivity contribution in [3.63, 3.8) is 0 Å². The van der Waals surface area contributed by atoms with Gasteiger partial charge in [0.15, 0.2) is 6.10 Å². The number of hydrogen-bond acceptors (Lipinski definition) is 6. The largest absolute Gasteiger partial charge is 0.462 e. The summed E-state index contributed by atoms with van der Waals surface area (Å²) in [6.45, 7) is 9.07. The van der Waals surface area contributed by atoms with Gasteiger partial charge in [0.2, 0.25) is 0 Å². The highest BCUT2D eigenvalue weighted by molar-refractivity contribution is 5.71. The second-order valence-electron chi connectivity index (χ2n) is 20.8. The van der Waals surface area contributed by atoms with Crippen LogP contribution in [-0.4, -0.2) is 37.2 Å². The Morgan fingerprint density at radius 2 is 0.508 bits per heavy atom. The smallest absolute Gasteiger partial charge is 0.306 e. The van der Waals surface area contributed by atoms with Crippen LogP contribution < -0.4 is 0 Å². The molecule has 65 heavy (non-hydrogen) atoms. The molecule has 386 valence electrons. The van der Waals surface area contributed by atoms with Gasteiger partial charge in [-0.1, -0.05) is 297 Å². The Kier molecular flexibility index (Phi) is 52.1. The molecule has 0 rings (SSSR count). The second kappa shape index (κ2) is 53.4. The van der Waals surface area contributed by atoms with Crippen molar-refractivity contribution in [3.8, 4) is 0 Å². The predicted molar refractivity (Wildman–Crippen MR) is 280 cm³/mol. The van der Waals surface area contributed by atoms with E-state index in [0.29, 0.717) is 19.3 Å². The number of hydrogen-bond donors (Lipinski definition) is 0. The van der Waals surface area contributed by atoms with Gasteiger partial charge in [0.25, 0.3) is 0 Å². The first-order valence-corrected chi connectivity index (χ1v) is 29.4. The van der Waals surface area contributed by atoms with Crippen LogP contribution in [0.15, 0.2) is 0 Å². The van der Waals surface area contributed by atoms with Gasteiger partial charge in [0.05, 0.1) is 0 Å².